The maximum absolute atomic E-state index is 12.2. The van der Waals surface area contributed by atoms with Crippen molar-refractivity contribution in [2.24, 2.45) is 11.8 Å². The fourth-order valence-corrected chi connectivity index (χ4v) is 3.86. The summed E-state index contributed by atoms with van der Waals surface area (Å²) < 4.78 is 11.3. The van der Waals surface area contributed by atoms with Crippen LogP contribution in [-0.4, -0.2) is 23.1 Å². The van der Waals surface area contributed by atoms with E-state index in [0.29, 0.717) is 11.8 Å². The van der Waals surface area contributed by atoms with E-state index < -0.39 is 23.1 Å². The molecule has 0 aliphatic carbocycles. The molecule has 0 bridgehead atoms. The van der Waals surface area contributed by atoms with Gasteiger partial charge in [-0.3, -0.25) is 0 Å². The lowest BCUT2D eigenvalue weighted by molar-refractivity contribution is -0.157. The van der Waals surface area contributed by atoms with Crippen LogP contribution in [0.4, 0.5) is 0 Å². The summed E-state index contributed by atoms with van der Waals surface area (Å²) >= 11 is 0. The number of carbonyl (C=O) groups is 2. The number of rotatable bonds is 12. The molecule has 0 heterocycles. The number of ether oxygens (including phenoxy) is 2. The molecule has 0 fully saturated rings. The zero-order chi connectivity index (χ0) is 20.4. The van der Waals surface area contributed by atoms with Crippen LogP contribution < -0.4 is 0 Å². The summed E-state index contributed by atoms with van der Waals surface area (Å²) in [6.07, 6.45) is 7.47. The van der Waals surface area contributed by atoms with Gasteiger partial charge in [0.25, 0.3) is 0 Å². The molecule has 4 nitrogen and oxygen atoms in total. The summed E-state index contributed by atoms with van der Waals surface area (Å²) in [4.78, 5) is 24.3. The number of esters is 2. The second kappa shape index (κ2) is 11.4. The average Bonchev–Trinajstić information content (AvgIpc) is 2.43. The maximum Gasteiger partial charge on any atom is 0.331 e. The van der Waals surface area contributed by atoms with E-state index in [1.807, 2.05) is 13.8 Å². The molecule has 2 unspecified atom stereocenters. The number of hydrogen-bond donors (Lipinski definition) is 0. The van der Waals surface area contributed by atoms with Gasteiger partial charge in [-0.15, -0.1) is 0 Å². The molecular formula is C22H40O4. The largest absolute Gasteiger partial charge is 0.456 e. The third-order valence-corrected chi connectivity index (χ3v) is 4.29. The van der Waals surface area contributed by atoms with E-state index in [2.05, 4.69) is 41.5 Å². The third-order valence-electron chi connectivity index (χ3n) is 4.29. The lowest BCUT2D eigenvalue weighted by Gasteiger charge is -2.31. The smallest absolute Gasteiger partial charge is 0.331 e. The Morgan fingerprint density at radius 2 is 1.08 bits per heavy atom. The Balaban J connectivity index is 4.85. The van der Waals surface area contributed by atoms with Crippen LogP contribution >= 0.6 is 0 Å². The van der Waals surface area contributed by atoms with Gasteiger partial charge in [0, 0.05) is 12.2 Å². The highest BCUT2D eigenvalue weighted by Gasteiger charge is 2.30. The first-order valence-corrected chi connectivity index (χ1v) is 10.1. The Labute approximate surface area is 160 Å². The molecule has 0 aromatic heterocycles. The highest BCUT2D eigenvalue weighted by Crippen LogP contribution is 2.28. The summed E-state index contributed by atoms with van der Waals surface area (Å²) in [6, 6.07) is 0. The highest BCUT2D eigenvalue weighted by molar-refractivity contribution is 5.92. The minimum atomic E-state index is -0.497. The van der Waals surface area contributed by atoms with Crippen LogP contribution in [0.15, 0.2) is 12.2 Å². The summed E-state index contributed by atoms with van der Waals surface area (Å²) in [6.45, 7) is 16.5. The molecule has 0 aromatic rings. The normalized spacial score (nSPS) is 16.5. The first-order chi connectivity index (χ1) is 11.9. The molecule has 0 aliphatic rings. The van der Waals surface area contributed by atoms with E-state index in [1.165, 1.54) is 12.2 Å². The molecule has 0 N–H and O–H groups in total. The lowest BCUT2D eigenvalue weighted by atomic mass is 9.90. The van der Waals surface area contributed by atoms with Gasteiger partial charge in [0.2, 0.25) is 0 Å². The van der Waals surface area contributed by atoms with Crippen molar-refractivity contribution in [2.75, 3.05) is 0 Å². The van der Waals surface area contributed by atoms with Gasteiger partial charge in [-0.2, -0.15) is 0 Å². The van der Waals surface area contributed by atoms with Crippen LogP contribution in [0.2, 0.25) is 0 Å². The third kappa shape index (κ3) is 10.6. The monoisotopic (exact) mass is 368 g/mol. The fourth-order valence-electron chi connectivity index (χ4n) is 3.86. The molecule has 0 saturated heterocycles. The molecule has 0 amide bonds. The minimum Gasteiger partial charge on any atom is -0.456 e. The fraction of sp³-hybridized carbons (Fsp3) is 0.818. The van der Waals surface area contributed by atoms with Crippen LogP contribution in [0.5, 0.6) is 0 Å². The second-order valence-electron chi connectivity index (χ2n) is 8.77. The predicted octanol–water partition coefficient (Wildman–Crippen LogP) is 5.84. The van der Waals surface area contributed by atoms with Crippen LogP contribution in [0.1, 0.15) is 93.9 Å². The van der Waals surface area contributed by atoms with E-state index in [1.54, 1.807) is 0 Å². The van der Waals surface area contributed by atoms with Gasteiger partial charge in [0.15, 0.2) is 0 Å². The number of hydrogen-bond acceptors (Lipinski definition) is 4. The predicted molar refractivity (Wildman–Crippen MR) is 107 cm³/mol. The van der Waals surface area contributed by atoms with Gasteiger partial charge in [-0.1, -0.05) is 54.4 Å². The lowest BCUT2D eigenvalue weighted by Crippen LogP contribution is -2.33. The van der Waals surface area contributed by atoms with Crippen molar-refractivity contribution in [1.82, 2.24) is 0 Å². The zero-order valence-electron chi connectivity index (χ0n) is 18.2. The Bertz CT molecular complexity index is 425. The Hall–Kier alpha value is -1.32. The molecule has 0 spiro atoms. The van der Waals surface area contributed by atoms with Gasteiger partial charge in [0.1, 0.15) is 11.2 Å². The zero-order valence-corrected chi connectivity index (χ0v) is 18.2. The SMILES string of the molecule is CCCC(C)(CC(C)C)OC(=O)/C=C\C(=O)OC(C)(CCC)CC(C)C. The molecule has 0 saturated carbocycles. The molecule has 26 heavy (non-hydrogen) atoms. The van der Waals surface area contributed by atoms with Crippen molar-refractivity contribution in [1.29, 1.82) is 0 Å². The van der Waals surface area contributed by atoms with Crippen molar-refractivity contribution < 1.29 is 19.1 Å². The number of carbonyl (C=O) groups excluding carboxylic acids is 2. The van der Waals surface area contributed by atoms with E-state index in [4.69, 9.17) is 9.47 Å². The van der Waals surface area contributed by atoms with Gasteiger partial charge < -0.3 is 9.47 Å². The minimum absolute atomic E-state index is 0.430. The van der Waals surface area contributed by atoms with Crippen LogP contribution in [0.25, 0.3) is 0 Å². The van der Waals surface area contributed by atoms with Gasteiger partial charge >= 0.3 is 11.9 Å². The maximum atomic E-state index is 12.2. The van der Waals surface area contributed by atoms with Crippen molar-refractivity contribution in [3.8, 4) is 0 Å². The van der Waals surface area contributed by atoms with Crippen molar-refractivity contribution in [2.45, 2.75) is 105 Å². The van der Waals surface area contributed by atoms with Crippen LogP contribution in [0.3, 0.4) is 0 Å². The summed E-state index contributed by atoms with van der Waals surface area (Å²) in [5.41, 5.74) is -0.995. The molecule has 0 rings (SSSR count). The highest BCUT2D eigenvalue weighted by atomic mass is 16.6. The Morgan fingerprint density at radius 1 is 0.769 bits per heavy atom. The topological polar surface area (TPSA) is 52.6 Å². The first kappa shape index (κ1) is 24.7. The van der Waals surface area contributed by atoms with Crippen LogP contribution in [0, 0.1) is 11.8 Å². The van der Waals surface area contributed by atoms with E-state index in [-0.39, 0.29) is 0 Å². The average molecular weight is 369 g/mol. The van der Waals surface area contributed by atoms with Crippen LogP contribution in [-0.2, 0) is 19.1 Å². The summed E-state index contributed by atoms with van der Waals surface area (Å²) in [5, 5.41) is 0. The molecule has 4 heteroatoms. The Morgan fingerprint density at radius 3 is 1.31 bits per heavy atom. The molecule has 0 aliphatic heterocycles. The molecule has 152 valence electrons. The van der Waals surface area contributed by atoms with Gasteiger partial charge in [-0.25, -0.2) is 9.59 Å². The molecular weight excluding hydrogens is 328 g/mol. The summed E-state index contributed by atoms with van der Waals surface area (Å²) in [7, 11) is 0. The van der Waals surface area contributed by atoms with E-state index >= 15 is 0 Å². The first-order valence-electron chi connectivity index (χ1n) is 10.1. The molecule has 0 aromatic carbocycles. The molecule has 2 atom stereocenters. The quantitative estimate of drug-likeness (QED) is 0.321. The Kier molecular flexibility index (Phi) is 10.8. The summed E-state index contributed by atoms with van der Waals surface area (Å²) in [5.74, 6) is -0.114. The molecule has 0 radical (unpaired) electrons. The van der Waals surface area contributed by atoms with E-state index in [0.717, 1.165) is 38.5 Å². The second-order valence-corrected chi connectivity index (χ2v) is 8.77. The van der Waals surface area contributed by atoms with Crippen molar-refractivity contribution in [3.05, 3.63) is 12.2 Å². The van der Waals surface area contributed by atoms with Gasteiger partial charge in [0.05, 0.1) is 0 Å². The van der Waals surface area contributed by atoms with E-state index in [9.17, 15) is 9.59 Å². The van der Waals surface area contributed by atoms with Crippen molar-refractivity contribution >= 4 is 11.9 Å². The standard InChI is InChI=1S/C22H40O4/c1-9-13-21(7,15-17(3)4)25-19(23)11-12-20(24)26-22(8,14-10-2)16-18(5)6/h11-12,17-18H,9-10,13-16H2,1-8H3/b12-11-. The van der Waals surface area contributed by atoms with Crippen molar-refractivity contribution in [3.63, 3.8) is 0 Å². The van der Waals surface area contributed by atoms with Gasteiger partial charge in [-0.05, 0) is 51.4 Å².